The number of carbonyl (C=O) groups excluding carboxylic acids is 3. The number of amides is 3. The van der Waals surface area contributed by atoms with Crippen LogP contribution in [0.25, 0.3) is 0 Å². The van der Waals surface area contributed by atoms with E-state index in [9.17, 15) is 14.4 Å². The molecule has 122 valence electrons. The minimum atomic E-state index is -0.579. The lowest BCUT2D eigenvalue weighted by atomic mass is 10.2. The van der Waals surface area contributed by atoms with E-state index in [4.69, 9.17) is 9.84 Å². The van der Waals surface area contributed by atoms with Crippen molar-refractivity contribution in [3.8, 4) is 0 Å². The summed E-state index contributed by atoms with van der Waals surface area (Å²) in [5.41, 5.74) is 1.12. The molecule has 1 aromatic carbocycles. The number of carbonyl (C=O) groups is 3. The molecule has 0 aliphatic carbocycles. The third kappa shape index (κ3) is 4.07. The molecule has 1 aliphatic heterocycles. The predicted octanol–water partition coefficient (Wildman–Crippen LogP) is 0.912. The predicted molar refractivity (Wildman–Crippen MR) is 82.6 cm³/mol. The molecule has 1 aliphatic rings. The Morgan fingerprint density at radius 1 is 1.30 bits per heavy atom. The zero-order chi connectivity index (χ0) is 16.8. The number of rotatable bonds is 6. The van der Waals surface area contributed by atoms with Gasteiger partial charge in [0, 0.05) is 17.5 Å². The number of imide groups is 1. The van der Waals surface area contributed by atoms with E-state index in [0.717, 1.165) is 4.90 Å². The normalized spacial score (nSPS) is 13.8. The molecule has 0 saturated carbocycles. The molecule has 3 amide bonds. The van der Waals surface area contributed by atoms with Gasteiger partial charge in [0.2, 0.25) is 0 Å². The molecular formula is C15H17N3O5. The molecular weight excluding hydrogens is 302 g/mol. The first-order valence-electron chi connectivity index (χ1n) is 7.04. The van der Waals surface area contributed by atoms with E-state index in [0.29, 0.717) is 11.4 Å². The zero-order valence-corrected chi connectivity index (χ0v) is 12.5. The number of benzene rings is 1. The minimum Gasteiger partial charge on any atom is -0.450 e. The first-order chi connectivity index (χ1) is 11.0. The van der Waals surface area contributed by atoms with Gasteiger partial charge in [-0.25, -0.2) is 4.79 Å². The van der Waals surface area contributed by atoms with Crippen LogP contribution in [0.1, 0.15) is 6.92 Å². The molecule has 1 heterocycles. The summed E-state index contributed by atoms with van der Waals surface area (Å²) in [7, 11) is 0. The van der Waals surface area contributed by atoms with E-state index in [1.807, 2.05) is 0 Å². The molecule has 0 fully saturated rings. The summed E-state index contributed by atoms with van der Waals surface area (Å²) in [6.45, 7) is 1.61. The molecule has 2 rings (SSSR count). The first kappa shape index (κ1) is 16.5. The van der Waals surface area contributed by atoms with E-state index in [1.54, 1.807) is 31.2 Å². The summed E-state index contributed by atoms with van der Waals surface area (Å²) in [5.74, 6) is -0.986. The number of nitrogens with one attached hydrogen (secondary N) is 2. The Hall–Kier alpha value is -2.87. The Morgan fingerprint density at radius 2 is 2.04 bits per heavy atom. The monoisotopic (exact) mass is 319 g/mol. The number of anilines is 2. The summed E-state index contributed by atoms with van der Waals surface area (Å²) < 4.78 is 4.78. The first-order valence-corrected chi connectivity index (χ1v) is 7.04. The molecule has 0 unspecified atom stereocenters. The van der Waals surface area contributed by atoms with Crippen LogP contribution in [0.4, 0.5) is 16.2 Å². The van der Waals surface area contributed by atoms with Gasteiger partial charge in [-0.15, -0.1) is 0 Å². The van der Waals surface area contributed by atoms with Crippen molar-refractivity contribution >= 4 is 29.3 Å². The van der Waals surface area contributed by atoms with Crippen LogP contribution in [-0.4, -0.2) is 47.7 Å². The molecule has 8 nitrogen and oxygen atoms in total. The van der Waals surface area contributed by atoms with Crippen LogP contribution >= 0.6 is 0 Å². The van der Waals surface area contributed by atoms with Crippen LogP contribution in [0.5, 0.6) is 0 Å². The molecule has 0 spiro atoms. The Bertz CT molecular complexity index is 656. The number of aliphatic hydroxyl groups excluding tert-OH is 1. The third-order valence-electron chi connectivity index (χ3n) is 3.00. The van der Waals surface area contributed by atoms with E-state index in [2.05, 4.69) is 10.6 Å². The Morgan fingerprint density at radius 3 is 2.74 bits per heavy atom. The summed E-state index contributed by atoms with van der Waals surface area (Å²) >= 11 is 0. The highest BCUT2D eigenvalue weighted by Crippen LogP contribution is 2.20. The van der Waals surface area contributed by atoms with Gasteiger partial charge in [0.05, 0.1) is 19.8 Å². The molecule has 0 aromatic heterocycles. The van der Waals surface area contributed by atoms with Crippen molar-refractivity contribution in [1.29, 1.82) is 0 Å². The second-order valence-electron chi connectivity index (χ2n) is 4.63. The van der Waals surface area contributed by atoms with Crippen molar-refractivity contribution in [2.45, 2.75) is 6.92 Å². The molecule has 0 atom stereocenters. The molecule has 0 saturated heterocycles. The van der Waals surface area contributed by atoms with E-state index >= 15 is 0 Å². The van der Waals surface area contributed by atoms with E-state index in [1.165, 1.54) is 6.08 Å². The van der Waals surface area contributed by atoms with E-state index in [-0.39, 0.29) is 25.5 Å². The maximum absolute atomic E-state index is 12.0. The number of aliphatic hydroxyl groups is 1. The van der Waals surface area contributed by atoms with Gasteiger partial charge in [-0.2, -0.15) is 0 Å². The van der Waals surface area contributed by atoms with Gasteiger partial charge in [-0.05, 0) is 25.1 Å². The lowest BCUT2D eigenvalue weighted by Gasteiger charge is -2.13. The molecule has 8 heteroatoms. The maximum atomic E-state index is 12.0. The van der Waals surface area contributed by atoms with Gasteiger partial charge >= 0.3 is 6.09 Å². The van der Waals surface area contributed by atoms with Gasteiger partial charge in [-0.1, -0.05) is 6.07 Å². The van der Waals surface area contributed by atoms with Gasteiger partial charge in [0.1, 0.15) is 5.70 Å². The van der Waals surface area contributed by atoms with Crippen molar-refractivity contribution in [3.63, 3.8) is 0 Å². The molecule has 0 radical (unpaired) electrons. The molecule has 0 bridgehead atoms. The number of nitrogens with zero attached hydrogens (tertiary/aromatic N) is 1. The van der Waals surface area contributed by atoms with Crippen LogP contribution in [0.15, 0.2) is 36.0 Å². The maximum Gasteiger partial charge on any atom is 0.411 e. The van der Waals surface area contributed by atoms with Crippen molar-refractivity contribution in [1.82, 2.24) is 4.90 Å². The van der Waals surface area contributed by atoms with Crippen LogP contribution in [-0.2, 0) is 14.3 Å². The Labute approximate surface area is 132 Å². The highest BCUT2D eigenvalue weighted by molar-refractivity contribution is 6.17. The van der Waals surface area contributed by atoms with Crippen LogP contribution in [0.2, 0.25) is 0 Å². The van der Waals surface area contributed by atoms with Gasteiger partial charge in [-0.3, -0.25) is 19.8 Å². The fourth-order valence-corrected chi connectivity index (χ4v) is 2.03. The topological polar surface area (TPSA) is 108 Å². The Balaban J connectivity index is 2.06. The van der Waals surface area contributed by atoms with Crippen LogP contribution in [0.3, 0.4) is 0 Å². The molecule has 3 N–H and O–H groups in total. The zero-order valence-electron chi connectivity index (χ0n) is 12.5. The summed E-state index contributed by atoms with van der Waals surface area (Å²) in [5, 5.41) is 14.2. The summed E-state index contributed by atoms with van der Waals surface area (Å²) in [4.78, 5) is 36.0. The number of ether oxygens (including phenoxy) is 1. The average Bonchev–Trinajstić information content (AvgIpc) is 2.76. The fraction of sp³-hybridized carbons (Fsp3) is 0.267. The lowest BCUT2D eigenvalue weighted by Crippen LogP contribution is -2.34. The smallest absolute Gasteiger partial charge is 0.411 e. The van der Waals surface area contributed by atoms with Crippen molar-refractivity contribution in [3.05, 3.63) is 36.0 Å². The second kappa shape index (κ2) is 7.41. The highest BCUT2D eigenvalue weighted by Gasteiger charge is 2.30. The average molecular weight is 319 g/mol. The van der Waals surface area contributed by atoms with Crippen molar-refractivity contribution < 1.29 is 24.2 Å². The second-order valence-corrected chi connectivity index (χ2v) is 4.63. The molecule has 23 heavy (non-hydrogen) atoms. The van der Waals surface area contributed by atoms with Crippen molar-refractivity contribution in [2.24, 2.45) is 0 Å². The number of hydrogen-bond acceptors (Lipinski definition) is 6. The summed E-state index contributed by atoms with van der Waals surface area (Å²) in [6.07, 6.45) is 0.591. The van der Waals surface area contributed by atoms with Crippen LogP contribution < -0.4 is 10.6 Å². The van der Waals surface area contributed by atoms with Crippen LogP contribution in [0, 0.1) is 0 Å². The van der Waals surface area contributed by atoms with Gasteiger partial charge in [0.15, 0.2) is 0 Å². The molecule has 1 aromatic rings. The van der Waals surface area contributed by atoms with Gasteiger partial charge in [0.25, 0.3) is 11.8 Å². The highest BCUT2D eigenvalue weighted by atomic mass is 16.5. The summed E-state index contributed by atoms with van der Waals surface area (Å²) in [6, 6.07) is 6.63. The fourth-order valence-electron chi connectivity index (χ4n) is 2.03. The minimum absolute atomic E-state index is 0.0518. The largest absolute Gasteiger partial charge is 0.450 e. The standard InChI is InChI=1S/C15H17N3O5/c1-2-23-15(22)17-11-5-3-4-10(8-11)16-12-9-13(20)18(6-7-19)14(12)21/h3-5,8-9,16,19H,2,6-7H2,1H3,(H,17,22). The van der Waals surface area contributed by atoms with Crippen molar-refractivity contribution in [2.75, 3.05) is 30.4 Å². The lowest BCUT2D eigenvalue weighted by molar-refractivity contribution is -0.137. The SMILES string of the molecule is CCOC(=O)Nc1cccc(NC2=CC(=O)N(CCO)C2=O)c1. The van der Waals surface area contributed by atoms with Gasteiger partial charge < -0.3 is 15.2 Å². The van der Waals surface area contributed by atoms with E-state index < -0.39 is 17.9 Å². The number of hydrogen-bond donors (Lipinski definition) is 3. The Kier molecular flexibility index (Phi) is 5.32. The quantitative estimate of drug-likeness (QED) is 0.673. The number of β-amino-alcohol motifs (C(OH)–C–C–N with tert-alkyl or cyclic N) is 1. The third-order valence-corrected chi connectivity index (χ3v) is 3.00.